The molecule has 3 saturated heterocycles. The second-order valence-electron chi connectivity index (χ2n) is 17.0. The van der Waals surface area contributed by atoms with Crippen LogP contribution in [0.2, 0.25) is 0 Å². The Bertz CT molecular complexity index is 2500. The highest BCUT2D eigenvalue weighted by Crippen LogP contribution is 2.53. The number of rotatable bonds is 16. The van der Waals surface area contributed by atoms with Crippen molar-refractivity contribution in [2.75, 3.05) is 73.5 Å². The maximum absolute atomic E-state index is 14.2. The molecule has 2 aliphatic carbocycles. The van der Waals surface area contributed by atoms with Gasteiger partial charge in [-0.15, -0.1) is 4.91 Å². The smallest absolute Gasteiger partial charge is 0.409 e. The van der Waals surface area contributed by atoms with Crippen LogP contribution in [-0.4, -0.2) is 176 Å². The number of carbonyl (C=O) groups is 5. The minimum Gasteiger partial charge on any atom is -0.507 e. The number of hydrogen-bond acceptors (Lipinski definition) is 21. The van der Waals surface area contributed by atoms with E-state index >= 15 is 0 Å². The molecule has 2 amide bonds. The molecule has 0 radical (unpaired) electrons. The first-order valence-corrected chi connectivity index (χ1v) is 24.3. The van der Waals surface area contributed by atoms with Crippen LogP contribution in [0.5, 0.6) is 17.2 Å². The Morgan fingerprint density at radius 2 is 1.72 bits per heavy atom. The number of ether oxygens (including phenoxy) is 8. The zero-order valence-corrected chi connectivity index (χ0v) is 39.9. The number of nitrogens with zero attached hydrogens (tertiary/aromatic N) is 4. The van der Waals surface area contributed by atoms with Gasteiger partial charge in [0.05, 0.1) is 42.6 Å². The number of phenols is 2. The van der Waals surface area contributed by atoms with Crippen molar-refractivity contribution < 1.29 is 82.2 Å². The summed E-state index contributed by atoms with van der Waals surface area (Å²) in [5, 5.41) is 40.0. The van der Waals surface area contributed by atoms with E-state index in [0.717, 1.165) is 9.93 Å². The van der Waals surface area contributed by atoms with Crippen molar-refractivity contribution in [1.82, 2.24) is 14.7 Å². The molecule has 3 fully saturated rings. The molecule has 1 aromatic heterocycles. The zero-order chi connectivity index (χ0) is 49.3. The highest BCUT2D eigenvalue weighted by Gasteiger charge is 2.55. The van der Waals surface area contributed by atoms with Gasteiger partial charge in [0.25, 0.3) is 0 Å². The first kappa shape index (κ1) is 50.0. The average molecular weight is 999 g/mol. The zero-order valence-electron chi connectivity index (χ0n) is 38.2. The fraction of sp³-hybridized carbons (Fsp3) is 0.511. The van der Waals surface area contributed by atoms with Gasteiger partial charge < -0.3 is 63.0 Å². The van der Waals surface area contributed by atoms with Gasteiger partial charge in [-0.2, -0.15) is 0 Å². The number of benzene rings is 2. The number of hydrogen-bond donors (Lipinski definition) is 3. The highest BCUT2D eigenvalue weighted by atomic mass is 33.1. The summed E-state index contributed by atoms with van der Waals surface area (Å²) in [6, 6.07) is 7.38. The summed E-state index contributed by atoms with van der Waals surface area (Å²) in [4.78, 5) is 86.2. The molecular weight excluding hydrogens is 947 g/mol. The van der Waals surface area contributed by atoms with E-state index in [4.69, 9.17) is 37.9 Å². The Morgan fingerprint density at radius 3 is 2.42 bits per heavy atom. The van der Waals surface area contributed by atoms with Crippen molar-refractivity contribution in [2.24, 2.45) is 5.18 Å². The summed E-state index contributed by atoms with van der Waals surface area (Å²) in [5.41, 5.74) is -3.75. The fourth-order valence-corrected chi connectivity index (χ4v) is 11.0. The molecule has 2 aromatic carbocycles. The van der Waals surface area contributed by atoms with Gasteiger partial charge in [-0.3, -0.25) is 19.3 Å². The molecule has 3 aromatic rings. The van der Waals surface area contributed by atoms with Crippen LogP contribution in [0.25, 0.3) is 0 Å². The van der Waals surface area contributed by atoms with E-state index in [1.807, 2.05) is 0 Å². The van der Waals surface area contributed by atoms with Crippen molar-refractivity contribution in [3.05, 3.63) is 74.8 Å². The molecule has 4 N–H and O–H groups in total. The van der Waals surface area contributed by atoms with Gasteiger partial charge in [-0.25, -0.2) is 14.6 Å². The number of aromatic hydroxyl groups is 2. The summed E-state index contributed by atoms with van der Waals surface area (Å²) < 4.78 is 46.5. The van der Waals surface area contributed by atoms with Crippen LogP contribution >= 0.6 is 21.6 Å². The molecule has 0 unspecified atom stereocenters. The number of pyridine rings is 1. The van der Waals surface area contributed by atoms with Crippen LogP contribution in [0, 0.1) is 4.91 Å². The van der Waals surface area contributed by atoms with Crippen LogP contribution in [-0.2, 0) is 44.4 Å². The van der Waals surface area contributed by atoms with Crippen molar-refractivity contribution in [3.63, 3.8) is 0 Å². The number of H-pyrrole nitrogens is 1. The standard InChI is InChI=1S/C45H51N5O17S2/c1-22-40-26(50-13-14-62-42(61-5)41(50)67-40)17-31(65-22)66-28-19-45(58,18-25-33(28)39(55)35-34(37(25)53)36(52)24-7-6-8-27(60-4)32(24)38(35)54)29(51)21-64-44(57)49(3)12-11-48(2)43(56)63-15-16-68-69-30-10-9-23(47-59)20-46-30/h6-10,20,22,26,28,31,40-42,53,55,58H,11-19,21H2,1-5H3/p+1/t22-,26-,28-,31-,40+,41+,42-,45-/m0/s1. The van der Waals surface area contributed by atoms with E-state index in [1.54, 1.807) is 19.1 Å². The van der Waals surface area contributed by atoms with E-state index in [-0.39, 0.29) is 65.8 Å². The van der Waals surface area contributed by atoms with Crippen molar-refractivity contribution in [3.8, 4) is 17.2 Å². The lowest BCUT2D eigenvalue weighted by atomic mass is 9.72. The highest BCUT2D eigenvalue weighted by molar-refractivity contribution is 8.76. The quantitative estimate of drug-likeness (QED) is 0.0627. The maximum atomic E-state index is 14.2. The molecule has 370 valence electrons. The van der Waals surface area contributed by atoms with Gasteiger partial charge in [0.15, 0.2) is 43.1 Å². The molecule has 0 bridgehead atoms. The number of fused-ring (bicyclic) bond motifs is 6. The molecule has 22 nitrogen and oxygen atoms in total. The molecule has 24 heteroatoms. The number of Topliss-reactive ketones (excluding diaryl/α,β-unsaturated/α-hetero) is 1. The number of nitrogens with one attached hydrogen (secondary N) is 1. The van der Waals surface area contributed by atoms with Gasteiger partial charge in [0.2, 0.25) is 16.6 Å². The van der Waals surface area contributed by atoms with Gasteiger partial charge in [0, 0.05) is 105 Å². The lowest BCUT2D eigenvalue weighted by molar-refractivity contribution is -0.425. The first-order valence-electron chi connectivity index (χ1n) is 22.0. The number of carbonyl (C=O) groups excluding carboxylic acids is 5. The van der Waals surface area contributed by atoms with E-state index in [0.29, 0.717) is 18.9 Å². The average Bonchev–Trinajstić information content (AvgIpc) is 3.74. The van der Waals surface area contributed by atoms with E-state index in [2.05, 4.69) is 15.1 Å². The Labute approximate surface area is 403 Å². The van der Waals surface area contributed by atoms with Crippen LogP contribution in [0.4, 0.5) is 15.3 Å². The van der Waals surface area contributed by atoms with E-state index in [1.165, 1.54) is 79.2 Å². The third kappa shape index (κ3) is 9.86. The van der Waals surface area contributed by atoms with Crippen molar-refractivity contribution >= 4 is 56.8 Å². The second kappa shape index (κ2) is 20.9. The number of ketones is 3. The number of likely N-dealkylation sites (N-methyl/N-ethyl adjacent to an activating group) is 2. The van der Waals surface area contributed by atoms with Gasteiger partial charge >= 0.3 is 12.2 Å². The maximum Gasteiger partial charge on any atom is 0.409 e. The number of aliphatic hydroxyl groups is 1. The number of aromatic nitrogens is 1. The Hall–Kier alpha value is -5.44. The number of morpholine rings is 1. The topological polar surface area (TPSA) is 273 Å². The molecule has 0 spiro atoms. The molecule has 5 aliphatic rings. The Kier molecular flexibility index (Phi) is 15.1. The summed E-state index contributed by atoms with van der Waals surface area (Å²) in [6.45, 7) is 1.85. The van der Waals surface area contributed by atoms with Crippen molar-refractivity contribution in [2.45, 2.75) is 80.0 Å². The summed E-state index contributed by atoms with van der Waals surface area (Å²) >= 11 is 0. The molecule has 8 rings (SSSR count). The van der Waals surface area contributed by atoms with Crippen LogP contribution in [0.3, 0.4) is 0 Å². The molecule has 8 atom stereocenters. The number of phenolic OH excluding ortho intramolecular Hbond substituents is 2. The van der Waals surface area contributed by atoms with E-state index in [9.17, 15) is 44.2 Å². The predicted octanol–water partition coefficient (Wildman–Crippen LogP) is 3.51. The third-order valence-electron chi connectivity index (χ3n) is 12.8. The third-order valence-corrected chi connectivity index (χ3v) is 15.1. The number of amides is 2. The van der Waals surface area contributed by atoms with Crippen molar-refractivity contribution in [1.29, 1.82) is 0 Å². The lowest BCUT2D eigenvalue weighted by Gasteiger charge is -2.43. The lowest BCUT2D eigenvalue weighted by Crippen LogP contribution is -2.55. The fourth-order valence-electron chi connectivity index (χ4n) is 9.29. The number of nitroso groups, excluding NO2 is 1. The number of methoxy groups -OCH3 is 2. The largest absolute Gasteiger partial charge is 0.507 e. The minimum absolute atomic E-state index is 0.0255. The first-order chi connectivity index (χ1) is 33.1. The Balaban J connectivity index is 0.955. The minimum atomic E-state index is -2.42. The summed E-state index contributed by atoms with van der Waals surface area (Å²) in [5.74, 6) is -3.51. The molecule has 0 saturated carbocycles. The normalized spacial score (nSPS) is 25.9. The molecule has 69 heavy (non-hydrogen) atoms. The second-order valence-corrected chi connectivity index (χ2v) is 19.5. The van der Waals surface area contributed by atoms with Gasteiger partial charge in [-0.1, -0.05) is 22.9 Å². The molecule has 3 aliphatic heterocycles. The molecular formula is C45H52N5O17S2+. The monoisotopic (exact) mass is 998 g/mol. The predicted molar refractivity (Wildman–Crippen MR) is 241 cm³/mol. The van der Waals surface area contributed by atoms with Crippen LogP contribution in [0.15, 0.2) is 46.7 Å². The van der Waals surface area contributed by atoms with Crippen LogP contribution < -0.4 is 9.72 Å². The van der Waals surface area contributed by atoms with Gasteiger partial charge in [0.1, 0.15) is 35.6 Å². The van der Waals surface area contributed by atoms with Crippen LogP contribution in [0.1, 0.15) is 68.8 Å². The Morgan fingerprint density at radius 1 is 0.986 bits per heavy atom. The summed E-state index contributed by atoms with van der Waals surface area (Å²) in [7, 11) is 8.52. The van der Waals surface area contributed by atoms with Gasteiger partial charge in [-0.05, 0) is 24.2 Å². The summed E-state index contributed by atoms with van der Waals surface area (Å²) in [6.07, 6.45) is -5.75. The SMILES string of the molecule is COc1cccc2c1C(=O)c1c(O)c3c(c(O)c1C2=O)C[C@@](O)(C(=O)COC(=O)N(C)CCN(C)C(=O)OCCSSc1ccc(N=O)c[nH+]1)C[C@@H]3O[C@H]1C[C@H]2[C@H](O[C@@H]3[C@@H](OC)OCCN32)[C@H](C)O1. The molecule has 4 heterocycles. The van der Waals surface area contributed by atoms with E-state index < -0.39 is 114 Å². The number of aromatic amines is 1.